The monoisotopic (exact) mass is 297 g/mol. The number of rotatable bonds is 6. The van der Waals surface area contributed by atoms with E-state index in [0.717, 1.165) is 18.0 Å². The minimum absolute atomic E-state index is 0.317. The summed E-state index contributed by atoms with van der Waals surface area (Å²) in [7, 11) is 2.90. The Kier molecular flexibility index (Phi) is 4.76. The third kappa shape index (κ3) is 3.57. The molecule has 1 fully saturated rings. The van der Waals surface area contributed by atoms with Crippen LogP contribution >= 0.6 is 11.6 Å². The smallest absolute Gasteiger partial charge is 0.338 e. The molecular formula is C15H20ClNO3. The summed E-state index contributed by atoms with van der Waals surface area (Å²) in [5, 5.41) is 3.84. The molecule has 0 heterocycles. The molecule has 0 spiro atoms. The van der Waals surface area contributed by atoms with Gasteiger partial charge in [0.15, 0.2) is 0 Å². The van der Waals surface area contributed by atoms with E-state index in [1.807, 2.05) is 0 Å². The van der Waals surface area contributed by atoms with Crippen LogP contribution in [0, 0.1) is 5.92 Å². The van der Waals surface area contributed by atoms with Crippen LogP contribution in [0.4, 0.5) is 5.69 Å². The predicted octanol–water partition coefficient (Wildman–Crippen LogP) is 3.74. The maximum atomic E-state index is 11.6. The van der Waals surface area contributed by atoms with Crippen LogP contribution in [0.25, 0.3) is 0 Å². The van der Waals surface area contributed by atoms with E-state index in [0.29, 0.717) is 22.4 Å². The third-order valence-corrected chi connectivity index (χ3v) is 3.77. The lowest BCUT2D eigenvalue weighted by atomic mass is 10.1. The summed E-state index contributed by atoms with van der Waals surface area (Å²) in [6.45, 7) is 2.13. The first-order chi connectivity index (χ1) is 9.55. The zero-order valence-corrected chi connectivity index (χ0v) is 12.8. The second kappa shape index (κ2) is 6.35. The van der Waals surface area contributed by atoms with Crippen molar-refractivity contribution in [1.82, 2.24) is 0 Å². The van der Waals surface area contributed by atoms with Gasteiger partial charge in [0.05, 0.1) is 30.5 Å². The molecule has 1 aliphatic carbocycles. The van der Waals surface area contributed by atoms with Gasteiger partial charge in [-0.15, -0.1) is 0 Å². The molecule has 1 N–H and O–H groups in total. The molecule has 1 aliphatic rings. The highest BCUT2D eigenvalue weighted by molar-refractivity contribution is 6.34. The summed E-state index contributed by atoms with van der Waals surface area (Å²) in [6, 6.07) is 3.56. The van der Waals surface area contributed by atoms with Gasteiger partial charge in [0.2, 0.25) is 0 Å². The van der Waals surface area contributed by atoms with Crippen LogP contribution in [0.1, 0.15) is 36.5 Å². The number of methoxy groups -OCH3 is 2. The molecule has 1 unspecified atom stereocenters. The van der Waals surface area contributed by atoms with E-state index in [2.05, 4.69) is 12.2 Å². The molecule has 0 amide bonds. The number of ether oxygens (including phenoxy) is 2. The molecular weight excluding hydrogens is 278 g/mol. The van der Waals surface area contributed by atoms with Crippen molar-refractivity contribution in [2.24, 2.45) is 5.92 Å². The number of halogens is 1. The highest BCUT2D eigenvalue weighted by Crippen LogP contribution is 2.38. The zero-order chi connectivity index (χ0) is 14.7. The minimum atomic E-state index is -0.428. The Bertz CT molecular complexity index is 500. The van der Waals surface area contributed by atoms with E-state index in [-0.39, 0.29) is 0 Å². The topological polar surface area (TPSA) is 47.6 Å². The largest absolute Gasteiger partial charge is 0.495 e. The summed E-state index contributed by atoms with van der Waals surface area (Å²) in [5.74, 6) is 0.958. The Balaban J connectivity index is 2.20. The second-order valence-corrected chi connectivity index (χ2v) is 5.66. The lowest BCUT2D eigenvalue weighted by Gasteiger charge is -2.19. The average molecular weight is 298 g/mol. The average Bonchev–Trinajstić information content (AvgIpc) is 3.23. The number of carbonyl (C=O) groups is 1. The highest BCUT2D eigenvalue weighted by atomic mass is 35.5. The van der Waals surface area contributed by atoms with Gasteiger partial charge in [-0.3, -0.25) is 0 Å². The van der Waals surface area contributed by atoms with Crippen LogP contribution in [-0.4, -0.2) is 26.2 Å². The predicted molar refractivity (Wildman–Crippen MR) is 79.8 cm³/mol. The summed E-state index contributed by atoms with van der Waals surface area (Å²) in [6.07, 6.45) is 3.76. The normalized spacial score (nSPS) is 15.6. The fourth-order valence-corrected chi connectivity index (χ4v) is 2.54. The van der Waals surface area contributed by atoms with E-state index >= 15 is 0 Å². The van der Waals surface area contributed by atoms with E-state index in [9.17, 15) is 4.79 Å². The fourth-order valence-electron chi connectivity index (χ4n) is 2.28. The fraction of sp³-hybridized carbons (Fsp3) is 0.533. The number of carbonyl (C=O) groups excluding carboxylic acids is 1. The van der Waals surface area contributed by atoms with Crippen molar-refractivity contribution in [2.75, 3.05) is 19.5 Å². The van der Waals surface area contributed by atoms with Gasteiger partial charge in [-0.1, -0.05) is 24.4 Å². The van der Waals surface area contributed by atoms with Gasteiger partial charge in [-0.25, -0.2) is 4.79 Å². The Labute approximate surface area is 124 Å². The number of hydrogen-bond donors (Lipinski definition) is 1. The van der Waals surface area contributed by atoms with Gasteiger partial charge in [0, 0.05) is 6.04 Å². The molecule has 110 valence electrons. The molecule has 0 radical (unpaired) electrons. The van der Waals surface area contributed by atoms with Crippen LogP contribution < -0.4 is 10.1 Å². The first kappa shape index (κ1) is 15.0. The number of benzene rings is 1. The molecule has 20 heavy (non-hydrogen) atoms. The number of hydrogen-bond acceptors (Lipinski definition) is 4. The molecule has 0 aromatic heterocycles. The summed E-state index contributed by atoms with van der Waals surface area (Å²) < 4.78 is 10.0. The maximum absolute atomic E-state index is 11.6. The van der Waals surface area contributed by atoms with Crippen molar-refractivity contribution < 1.29 is 14.3 Å². The SMILES string of the molecule is COC(=O)c1cc(Cl)c(NC(C)CC2CC2)c(OC)c1. The summed E-state index contributed by atoms with van der Waals surface area (Å²) in [4.78, 5) is 11.6. The first-order valence-electron chi connectivity index (χ1n) is 6.77. The Hall–Kier alpha value is -1.42. The van der Waals surface area contributed by atoms with E-state index in [1.54, 1.807) is 19.2 Å². The van der Waals surface area contributed by atoms with Crippen molar-refractivity contribution in [2.45, 2.75) is 32.2 Å². The molecule has 0 bridgehead atoms. The van der Waals surface area contributed by atoms with Crippen LogP contribution in [0.3, 0.4) is 0 Å². The third-order valence-electron chi connectivity index (χ3n) is 3.47. The zero-order valence-electron chi connectivity index (χ0n) is 12.0. The molecule has 2 rings (SSSR count). The van der Waals surface area contributed by atoms with Crippen LogP contribution in [0.5, 0.6) is 5.75 Å². The standard InChI is InChI=1S/C15H20ClNO3/c1-9(6-10-4-5-10)17-14-12(16)7-11(15(18)20-3)8-13(14)19-2/h7-10,17H,4-6H2,1-3H3. The summed E-state index contributed by atoms with van der Waals surface area (Å²) >= 11 is 6.26. The van der Waals surface area contributed by atoms with Crippen molar-refractivity contribution >= 4 is 23.3 Å². The molecule has 4 nitrogen and oxygen atoms in total. The number of esters is 1. The van der Waals surface area contributed by atoms with E-state index in [4.69, 9.17) is 21.1 Å². The van der Waals surface area contributed by atoms with Gasteiger partial charge in [-0.2, -0.15) is 0 Å². The second-order valence-electron chi connectivity index (χ2n) is 5.25. The van der Waals surface area contributed by atoms with Gasteiger partial charge in [-0.05, 0) is 31.4 Å². The van der Waals surface area contributed by atoms with Crippen molar-refractivity contribution in [3.8, 4) is 5.75 Å². The van der Waals surface area contributed by atoms with Crippen molar-refractivity contribution in [1.29, 1.82) is 0 Å². The van der Waals surface area contributed by atoms with Gasteiger partial charge >= 0.3 is 5.97 Å². The van der Waals surface area contributed by atoms with Crippen LogP contribution in [-0.2, 0) is 4.74 Å². The molecule has 1 saturated carbocycles. The van der Waals surface area contributed by atoms with E-state index < -0.39 is 5.97 Å². The molecule has 1 aromatic rings. The Morgan fingerprint density at radius 2 is 2.15 bits per heavy atom. The highest BCUT2D eigenvalue weighted by Gasteiger charge is 2.24. The number of anilines is 1. The lowest BCUT2D eigenvalue weighted by Crippen LogP contribution is -2.17. The molecule has 0 saturated heterocycles. The molecule has 5 heteroatoms. The quantitative estimate of drug-likeness (QED) is 0.813. The maximum Gasteiger partial charge on any atom is 0.338 e. The van der Waals surface area contributed by atoms with Gasteiger partial charge in [0.1, 0.15) is 5.75 Å². The Morgan fingerprint density at radius 3 is 2.70 bits per heavy atom. The minimum Gasteiger partial charge on any atom is -0.495 e. The lowest BCUT2D eigenvalue weighted by molar-refractivity contribution is 0.0600. The molecule has 1 aromatic carbocycles. The van der Waals surface area contributed by atoms with Gasteiger partial charge < -0.3 is 14.8 Å². The Morgan fingerprint density at radius 1 is 1.45 bits per heavy atom. The van der Waals surface area contributed by atoms with Crippen LogP contribution in [0.15, 0.2) is 12.1 Å². The van der Waals surface area contributed by atoms with Crippen molar-refractivity contribution in [3.05, 3.63) is 22.7 Å². The van der Waals surface area contributed by atoms with Crippen LogP contribution in [0.2, 0.25) is 5.02 Å². The first-order valence-corrected chi connectivity index (χ1v) is 7.15. The van der Waals surface area contributed by atoms with Gasteiger partial charge in [0.25, 0.3) is 0 Å². The van der Waals surface area contributed by atoms with E-state index in [1.165, 1.54) is 20.0 Å². The van der Waals surface area contributed by atoms with Crippen molar-refractivity contribution in [3.63, 3.8) is 0 Å². The molecule has 1 atom stereocenters. The number of nitrogens with one attached hydrogen (secondary N) is 1. The molecule has 0 aliphatic heterocycles. The summed E-state index contributed by atoms with van der Waals surface area (Å²) in [5.41, 5.74) is 1.12.